The molecule has 1 atom stereocenters. The predicted octanol–water partition coefficient (Wildman–Crippen LogP) is 1.37. The zero-order valence-electron chi connectivity index (χ0n) is 12.3. The van der Waals surface area contributed by atoms with Crippen LogP contribution in [0.3, 0.4) is 0 Å². The van der Waals surface area contributed by atoms with Crippen molar-refractivity contribution in [3.05, 3.63) is 24.1 Å². The van der Waals surface area contributed by atoms with E-state index in [0.29, 0.717) is 30.3 Å². The molecule has 1 amide bonds. The number of carbonyl (C=O) groups is 1. The van der Waals surface area contributed by atoms with Crippen molar-refractivity contribution in [1.82, 2.24) is 15.2 Å². The lowest BCUT2D eigenvalue weighted by Crippen LogP contribution is -2.39. The molecule has 112 valence electrons. The van der Waals surface area contributed by atoms with Gasteiger partial charge in [-0.15, -0.1) is 0 Å². The second kappa shape index (κ2) is 5.04. The summed E-state index contributed by atoms with van der Waals surface area (Å²) >= 11 is 0. The van der Waals surface area contributed by atoms with Gasteiger partial charge in [0.15, 0.2) is 5.58 Å². The second-order valence-corrected chi connectivity index (χ2v) is 5.94. The van der Waals surface area contributed by atoms with Gasteiger partial charge in [-0.05, 0) is 32.0 Å². The average molecular weight is 288 g/mol. The predicted molar refractivity (Wildman–Crippen MR) is 80.5 cm³/mol. The van der Waals surface area contributed by atoms with Gasteiger partial charge in [0.05, 0.1) is 12.0 Å². The molecule has 1 unspecified atom stereocenters. The van der Waals surface area contributed by atoms with Crippen LogP contribution >= 0.6 is 0 Å². The minimum absolute atomic E-state index is 0.0929. The van der Waals surface area contributed by atoms with Crippen LogP contribution in [0.2, 0.25) is 0 Å². The molecule has 2 heterocycles. The molecule has 0 bridgehead atoms. The molecule has 0 radical (unpaired) electrons. The molecule has 1 aromatic heterocycles. The van der Waals surface area contributed by atoms with Gasteiger partial charge in [0, 0.05) is 25.3 Å². The van der Waals surface area contributed by atoms with Crippen molar-refractivity contribution >= 4 is 22.7 Å². The summed E-state index contributed by atoms with van der Waals surface area (Å²) in [6.07, 6.45) is 0.847. The highest BCUT2D eigenvalue weighted by atomic mass is 16.3. The van der Waals surface area contributed by atoms with Gasteiger partial charge < -0.3 is 15.5 Å². The lowest BCUT2D eigenvalue weighted by molar-refractivity contribution is -0.129. The van der Waals surface area contributed by atoms with Gasteiger partial charge in [0.2, 0.25) is 11.8 Å². The van der Waals surface area contributed by atoms with E-state index in [1.165, 1.54) is 0 Å². The fraction of sp³-hybridized carbons (Fsp3) is 0.467. The van der Waals surface area contributed by atoms with Gasteiger partial charge in [0.25, 0.3) is 0 Å². The van der Waals surface area contributed by atoms with Crippen molar-refractivity contribution < 1.29 is 9.21 Å². The first-order valence-corrected chi connectivity index (χ1v) is 7.10. The van der Waals surface area contributed by atoms with E-state index in [-0.39, 0.29) is 11.3 Å². The number of oxazole rings is 1. The molecule has 3 N–H and O–H groups in total. The van der Waals surface area contributed by atoms with E-state index in [2.05, 4.69) is 15.2 Å². The SMILES string of the molecule is CNC(=O)C1(C)CCN(Cc2nc3ccc(N)cc3o2)C1. The molecule has 6 nitrogen and oxygen atoms in total. The van der Waals surface area contributed by atoms with Crippen LogP contribution in [-0.2, 0) is 11.3 Å². The molecule has 1 aliphatic rings. The quantitative estimate of drug-likeness (QED) is 0.833. The van der Waals surface area contributed by atoms with Crippen molar-refractivity contribution in [2.45, 2.75) is 19.9 Å². The van der Waals surface area contributed by atoms with E-state index in [4.69, 9.17) is 10.2 Å². The first-order valence-electron chi connectivity index (χ1n) is 7.10. The van der Waals surface area contributed by atoms with Gasteiger partial charge in [0.1, 0.15) is 5.52 Å². The summed E-state index contributed by atoms with van der Waals surface area (Å²) in [5.41, 5.74) is 7.59. The van der Waals surface area contributed by atoms with E-state index in [1.807, 2.05) is 19.1 Å². The molecule has 1 aliphatic heterocycles. The maximum Gasteiger partial charge on any atom is 0.227 e. The number of nitrogens with one attached hydrogen (secondary N) is 1. The Morgan fingerprint density at radius 1 is 1.57 bits per heavy atom. The Labute approximate surface area is 123 Å². The number of hydrogen-bond acceptors (Lipinski definition) is 5. The van der Waals surface area contributed by atoms with E-state index < -0.39 is 0 Å². The highest BCUT2D eigenvalue weighted by Gasteiger charge is 2.39. The highest BCUT2D eigenvalue weighted by Crippen LogP contribution is 2.31. The summed E-state index contributed by atoms with van der Waals surface area (Å²) in [5.74, 6) is 0.757. The number of aromatic nitrogens is 1. The molecule has 1 fully saturated rings. The van der Waals surface area contributed by atoms with Gasteiger partial charge in [-0.1, -0.05) is 0 Å². The Kier molecular flexibility index (Phi) is 3.33. The Morgan fingerprint density at radius 3 is 3.14 bits per heavy atom. The third-order valence-electron chi connectivity index (χ3n) is 4.14. The number of nitrogens with zero attached hydrogens (tertiary/aromatic N) is 2. The van der Waals surface area contributed by atoms with Crippen molar-refractivity contribution in [3.8, 4) is 0 Å². The molecule has 3 rings (SSSR count). The van der Waals surface area contributed by atoms with Crippen LogP contribution in [0.4, 0.5) is 5.69 Å². The fourth-order valence-electron chi connectivity index (χ4n) is 2.93. The molecule has 0 spiro atoms. The first-order chi connectivity index (χ1) is 10.00. The van der Waals surface area contributed by atoms with Crippen LogP contribution in [0.25, 0.3) is 11.1 Å². The fourth-order valence-corrected chi connectivity index (χ4v) is 2.93. The summed E-state index contributed by atoms with van der Waals surface area (Å²) in [6, 6.07) is 5.45. The number of fused-ring (bicyclic) bond motifs is 1. The monoisotopic (exact) mass is 288 g/mol. The zero-order valence-corrected chi connectivity index (χ0v) is 12.3. The summed E-state index contributed by atoms with van der Waals surface area (Å²) in [7, 11) is 1.68. The van der Waals surface area contributed by atoms with Gasteiger partial charge >= 0.3 is 0 Å². The summed E-state index contributed by atoms with van der Waals surface area (Å²) in [6.45, 7) is 4.19. The van der Waals surface area contributed by atoms with Crippen molar-refractivity contribution in [2.75, 3.05) is 25.9 Å². The van der Waals surface area contributed by atoms with Crippen molar-refractivity contribution in [2.24, 2.45) is 5.41 Å². The van der Waals surface area contributed by atoms with E-state index >= 15 is 0 Å². The maximum atomic E-state index is 11.9. The Balaban J connectivity index is 1.73. The van der Waals surface area contributed by atoms with Crippen molar-refractivity contribution in [3.63, 3.8) is 0 Å². The summed E-state index contributed by atoms with van der Waals surface area (Å²) < 4.78 is 5.73. The van der Waals surface area contributed by atoms with Gasteiger partial charge in [-0.3, -0.25) is 9.69 Å². The van der Waals surface area contributed by atoms with Gasteiger partial charge in [-0.2, -0.15) is 0 Å². The molecule has 0 aliphatic carbocycles. The minimum Gasteiger partial charge on any atom is -0.439 e. The number of amides is 1. The number of rotatable bonds is 3. The Hall–Kier alpha value is -2.08. The topological polar surface area (TPSA) is 84.4 Å². The van der Waals surface area contributed by atoms with Crippen LogP contribution in [-0.4, -0.2) is 35.9 Å². The molecule has 2 aromatic rings. The lowest BCUT2D eigenvalue weighted by atomic mass is 9.89. The van der Waals surface area contributed by atoms with Gasteiger partial charge in [-0.25, -0.2) is 4.98 Å². The Morgan fingerprint density at radius 2 is 2.38 bits per heavy atom. The molecule has 21 heavy (non-hydrogen) atoms. The van der Waals surface area contributed by atoms with Crippen LogP contribution in [0.15, 0.2) is 22.6 Å². The maximum absolute atomic E-state index is 11.9. The first kappa shape index (κ1) is 13.9. The number of benzene rings is 1. The number of hydrogen-bond donors (Lipinski definition) is 2. The van der Waals surface area contributed by atoms with E-state index in [0.717, 1.165) is 18.5 Å². The average Bonchev–Trinajstić information content (AvgIpc) is 3.02. The summed E-state index contributed by atoms with van der Waals surface area (Å²) in [5, 5.41) is 2.74. The lowest BCUT2D eigenvalue weighted by Gasteiger charge is -2.22. The molecule has 1 aromatic carbocycles. The molecular weight excluding hydrogens is 268 g/mol. The molecule has 1 saturated heterocycles. The van der Waals surface area contributed by atoms with Crippen LogP contribution < -0.4 is 11.1 Å². The Bertz CT molecular complexity index is 681. The third kappa shape index (κ3) is 2.58. The minimum atomic E-state index is -0.328. The number of likely N-dealkylation sites (tertiary alicyclic amines) is 1. The van der Waals surface area contributed by atoms with Crippen LogP contribution in [0.1, 0.15) is 19.2 Å². The van der Waals surface area contributed by atoms with E-state index in [9.17, 15) is 4.79 Å². The summed E-state index contributed by atoms with van der Waals surface area (Å²) in [4.78, 5) is 18.6. The molecular formula is C15H20N4O2. The molecule has 0 saturated carbocycles. The second-order valence-electron chi connectivity index (χ2n) is 5.94. The van der Waals surface area contributed by atoms with Crippen molar-refractivity contribution in [1.29, 1.82) is 0 Å². The molecule has 6 heteroatoms. The van der Waals surface area contributed by atoms with E-state index in [1.54, 1.807) is 13.1 Å². The standard InChI is InChI=1S/C15H20N4O2/c1-15(14(20)17-2)5-6-19(9-15)8-13-18-11-4-3-10(16)7-12(11)21-13/h3-4,7H,5-6,8-9,16H2,1-2H3,(H,17,20). The third-order valence-corrected chi connectivity index (χ3v) is 4.14. The van der Waals surface area contributed by atoms with Crippen LogP contribution in [0.5, 0.6) is 0 Å². The smallest absolute Gasteiger partial charge is 0.227 e. The zero-order chi connectivity index (χ0) is 15.0. The normalized spacial score (nSPS) is 22.8. The number of carbonyl (C=O) groups excluding carboxylic acids is 1. The number of nitrogens with two attached hydrogens (primary N) is 1. The number of nitrogen functional groups attached to an aromatic ring is 1. The number of anilines is 1. The van der Waals surface area contributed by atoms with Crippen LogP contribution in [0, 0.1) is 5.41 Å². The highest BCUT2D eigenvalue weighted by molar-refractivity contribution is 5.82. The largest absolute Gasteiger partial charge is 0.439 e.